The number of hydrogen-bond acceptors (Lipinski definition) is 5. The molecular formula is C29H25F4N5O2. The first-order valence-corrected chi connectivity index (χ1v) is 12.4. The zero-order valence-electron chi connectivity index (χ0n) is 21.2. The fourth-order valence-electron chi connectivity index (χ4n) is 4.58. The number of alkyl halides is 3. The van der Waals surface area contributed by atoms with Crippen LogP contribution in [0.2, 0.25) is 0 Å². The number of carbonyl (C=O) groups excluding carboxylic acids is 1. The molecule has 0 radical (unpaired) electrons. The number of amides is 1. The van der Waals surface area contributed by atoms with Gasteiger partial charge >= 0.3 is 6.18 Å². The summed E-state index contributed by atoms with van der Waals surface area (Å²) in [5.41, 5.74) is 1.02. The second kappa shape index (κ2) is 10.8. The molecule has 1 saturated heterocycles. The number of para-hydroxylation sites is 1. The van der Waals surface area contributed by atoms with E-state index in [-0.39, 0.29) is 36.7 Å². The Labute approximate surface area is 227 Å². The zero-order valence-corrected chi connectivity index (χ0v) is 21.2. The van der Waals surface area contributed by atoms with Gasteiger partial charge in [-0.15, -0.1) is 0 Å². The second-order valence-corrected chi connectivity index (χ2v) is 9.39. The Morgan fingerprint density at radius 1 is 1.12 bits per heavy atom. The van der Waals surface area contributed by atoms with Crippen molar-refractivity contribution in [1.82, 2.24) is 9.97 Å². The molecule has 40 heavy (non-hydrogen) atoms. The zero-order chi connectivity index (χ0) is 28.4. The largest absolute Gasteiger partial charge is 0.474 e. The molecule has 5 rings (SSSR count). The number of rotatable bonds is 7. The van der Waals surface area contributed by atoms with Crippen LogP contribution in [0.15, 0.2) is 85.3 Å². The van der Waals surface area contributed by atoms with Gasteiger partial charge in [0.1, 0.15) is 12.4 Å². The quantitative estimate of drug-likeness (QED) is 0.209. The highest BCUT2D eigenvalue weighted by molar-refractivity contribution is 6.11. The molecule has 1 unspecified atom stereocenters. The summed E-state index contributed by atoms with van der Waals surface area (Å²) in [6, 6.07) is 17.8. The minimum atomic E-state index is -4.49. The van der Waals surface area contributed by atoms with Crippen molar-refractivity contribution in [2.24, 2.45) is 5.92 Å². The molecule has 3 aromatic carbocycles. The standard InChI is InChI=1S/C29H25F4N5O2/c1-18(40-17-19-6-5-7-21(30)14-19)38(22-8-3-2-4-9-22)27(39)23-16-37(13-12-24(23)34)28-35-25-11-10-20(29(31,32)33)15-26(25)36-28/h2-11,14-15,23,34H,1,12-13,16-17H2,(H,35,36). The summed E-state index contributed by atoms with van der Waals surface area (Å²) in [5, 5.41) is 8.55. The van der Waals surface area contributed by atoms with Crippen LogP contribution < -0.4 is 9.80 Å². The van der Waals surface area contributed by atoms with E-state index < -0.39 is 29.4 Å². The van der Waals surface area contributed by atoms with Gasteiger partial charge in [-0.05, 0) is 54.6 Å². The number of halogens is 4. The lowest BCUT2D eigenvalue weighted by Gasteiger charge is -2.35. The summed E-state index contributed by atoms with van der Waals surface area (Å²) in [5.74, 6) is -1.46. The Morgan fingerprint density at radius 3 is 2.62 bits per heavy atom. The Hall–Kier alpha value is -4.67. The lowest BCUT2D eigenvalue weighted by molar-refractivity contribution is -0.137. The monoisotopic (exact) mass is 551 g/mol. The molecule has 0 saturated carbocycles. The molecular weight excluding hydrogens is 526 g/mol. The molecule has 1 aliphatic rings. The first kappa shape index (κ1) is 26.9. The molecule has 1 aromatic heterocycles. The first-order chi connectivity index (χ1) is 19.1. The van der Waals surface area contributed by atoms with Crippen molar-refractivity contribution in [1.29, 1.82) is 5.41 Å². The Bertz CT molecular complexity index is 1570. The lowest BCUT2D eigenvalue weighted by atomic mass is 9.94. The average molecular weight is 552 g/mol. The SMILES string of the molecule is C=C(OCc1cccc(F)c1)N(C(=O)C1CN(c2nc3ccc(C(F)(F)F)cc3[nH]2)CCC1=N)c1ccccc1. The van der Waals surface area contributed by atoms with Gasteiger partial charge < -0.3 is 20.0 Å². The third kappa shape index (κ3) is 5.68. The van der Waals surface area contributed by atoms with E-state index in [1.807, 2.05) is 0 Å². The summed E-state index contributed by atoms with van der Waals surface area (Å²) in [4.78, 5) is 24.3. The van der Waals surface area contributed by atoms with Crippen molar-refractivity contribution in [2.75, 3.05) is 22.9 Å². The maximum atomic E-state index is 13.9. The number of benzene rings is 3. The summed E-state index contributed by atoms with van der Waals surface area (Å²) < 4.78 is 58.9. The van der Waals surface area contributed by atoms with E-state index in [0.29, 0.717) is 29.3 Å². The fraction of sp³-hybridized carbons (Fsp3) is 0.207. The molecule has 0 spiro atoms. The maximum absolute atomic E-state index is 13.9. The van der Waals surface area contributed by atoms with Crippen LogP contribution in [0.25, 0.3) is 11.0 Å². The molecule has 0 aliphatic carbocycles. The van der Waals surface area contributed by atoms with Gasteiger partial charge in [0, 0.05) is 25.2 Å². The van der Waals surface area contributed by atoms with Crippen LogP contribution >= 0.6 is 0 Å². The predicted octanol–water partition coefficient (Wildman–Crippen LogP) is 6.29. The van der Waals surface area contributed by atoms with E-state index in [9.17, 15) is 22.4 Å². The maximum Gasteiger partial charge on any atom is 0.416 e. The molecule has 1 fully saturated rings. The topological polar surface area (TPSA) is 85.3 Å². The van der Waals surface area contributed by atoms with Crippen molar-refractivity contribution >= 4 is 34.3 Å². The van der Waals surface area contributed by atoms with Gasteiger partial charge in [0.25, 0.3) is 0 Å². The minimum Gasteiger partial charge on any atom is -0.474 e. The van der Waals surface area contributed by atoms with Gasteiger partial charge in [0.15, 0.2) is 5.88 Å². The number of carbonyl (C=O) groups is 1. The van der Waals surface area contributed by atoms with Crippen LogP contribution in [0.3, 0.4) is 0 Å². The number of ether oxygens (including phenoxy) is 1. The number of aromatic amines is 1. The van der Waals surface area contributed by atoms with Crippen LogP contribution in [-0.4, -0.2) is 34.7 Å². The normalized spacial score (nSPS) is 15.8. The number of anilines is 2. The van der Waals surface area contributed by atoms with Gasteiger partial charge in [-0.25, -0.2) is 9.37 Å². The van der Waals surface area contributed by atoms with Gasteiger partial charge in [-0.2, -0.15) is 13.2 Å². The number of aromatic nitrogens is 2. The predicted molar refractivity (Wildman–Crippen MR) is 143 cm³/mol. The van der Waals surface area contributed by atoms with E-state index in [0.717, 1.165) is 12.1 Å². The smallest absolute Gasteiger partial charge is 0.416 e. The Morgan fingerprint density at radius 2 is 1.90 bits per heavy atom. The third-order valence-corrected chi connectivity index (χ3v) is 6.65. The summed E-state index contributed by atoms with van der Waals surface area (Å²) in [6.07, 6.45) is -4.24. The molecule has 2 heterocycles. The highest BCUT2D eigenvalue weighted by atomic mass is 19.4. The van der Waals surface area contributed by atoms with Crippen molar-refractivity contribution in [3.63, 3.8) is 0 Å². The number of imidazole rings is 1. The van der Waals surface area contributed by atoms with Crippen molar-refractivity contribution in [3.05, 3.63) is 102 Å². The van der Waals surface area contributed by atoms with E-state index >= 15 is 0 Å². The summed E-state index contributed by atoms with van der Waals surface area (Å²) in [6.45, 7) is 4.34. The lowest BCUT2D eigenvalue weighted by Crippen LogP contribution is -2.49. The van der Waals surface area contributed by atoms with Crippen LogP contribution in [0.1, 0.15) is 17.5 Å². The Kier molecular flexibility index (Phi) is 7.29. The number of fused-ring (bicyclic) bond motifs is 1. The van der Waals surface area contributed by atoms with Crippen molar-refractivity contribution in [2.45, 2.75) is 19.2 Å². The molecule has 206 valence electrons. The van der Waals surface area contributed by atoms with Gasteiger partial charge in [0.05, 0.1) is 28.2 Å². The first-order valence-electron chi connectivity index (χ1n) is 12.4. The number of nitrogens with one attached hydrogen (secondary N) is 2. The number of piperidine rings is 1. The number of H-pyrrole nitrogens is 1. The van der Waals surface area contributed by atoms with Gasteiger partial charge in [-0.3, -0.25) is 9.69 Å². The second-order valence-electron chi connectivity index (χ2n) is 9.39. The third-order valence-electron chi connectivity index (χ3n) is 6.65. The molecule has 0 bridgehead atoms. The van der Waals surface area contributed by atoms with Gasteiger partial charge in [0.2, 0.25) is 11.9 Å². The molecule has 7 nitrogen and oxygen atoms in total. The molecule has 11 heteroatoms. The fourth-order valence-corrected chi connectivity index (χ4v) is 4.58. The average Bonchev–Trinajstić information content (AvgIpc) is 3.36. The molecule has 2 N–H and O–H groups in total. The highest BCUT2D eigenvalue weighted by Gasteiger charge is 2.36. The van der Waals surface area contributed by atoms with Crippen LogP contribution in [0.4, 0.5) is 29.2 Å². The summed E-state index contributed by atoms with van der Waals surface area (Å²) in [7, 11) is 0. The van der Waals surface area contributed by atoms with Crippen LogP contribution in [-0.2, 0) is 22.3 Å². The van der Waals surface area contributed by atoms with E-state index in [1.165, 1.54) is 23.1 Å². The van der Waals surface area contributed by atoms with Crippen LogP contribution in [0.5, 0.6) is 0 Å². The molecule has 1 amide bonds. The number of nitrogens with zero attached hydrogens (tertiary/aromatic N) is 3. The van der Waals surface area contributed by atoms with Gasteiger partial charge in [-0.1, -0.05) is 30.3 Å². The minimum absolute atomic E-state index is 0.00815. The van der Waals surface area contributed by atoms with Crippen molar-refractivity contribution < 1.29 is 27.1 Å². The van der Waals surface area contributed by atoms with E-state index in [2.05, 4.69) is 16.5 Å². The van der Waals surface area contributed by atoms with E-state index in [4.69, 9.17) is 10.1 Å². The van der Waals surface area contributed by atoms with Crippen LogP contribution in [0, 0.1) is 17.1 Å². The number of hydrogen-bond donors (Lipinski definition) is 2. The summed E-state index contributed by atoms with van der Waals surface area (Å²) >= 11 is 0. The molecule has 4 aromatic rings. The Balaban J connectivity index is 1.38. The van der Waals surface area contributed by atoms with E-state index in [1.54, 1.807) is 47.4 Å². The highest BCUT2D eigenvalue weighted by Crippen LogP contribution is 2.32. The molecule has 1 aliphatic heterocycles. The molecule has 1 atom stereocenters. The van der Waals surface area contributed by atoms with Crippen molar-refractivity contribution in [3.8, 4) is 0 Å².